The van der Waals surface area contributed by atoms with Crippen LogP contribution in [0.4, 0.5) is 0 Å². The lowest BCUT2D eigenvalue weighted by Gasteiger charge is -2.11. The second-order valence-corrected chi connectivity index (χ2v) is 4.83. The van der Waals surface area contributed by atoms with Gasteiger partial charge in [0.05, 0.1) is 12.4 Å². The molecule has 0 spiro atoms. The predicted molar refractivity (Wildman–Crippen MR) is 76.1 cm³/mol. The van der Waals surface area contributed by atoms with Crippen molar-refractivity contribution in [2.75, 3.05) is 0 Å². The Morgan fingerprint density at radius 2 is 1.79 bits per heavy atom. The van der Waals surface area contributed by atoms with Crippen molar-refractivity contribution in [2.24, 2.45) is 0 Å². The van der Waals surface area contributed by atoms with Gasteiger partial charge in [-0.05, 0) is 24.1 Å². The Morgan fingerprint density at radius 1 is 1.05 bits per heavy atom. The second kappa shape index (κ2) is 4.90. The highest BCUT2D eigenvalue weighted by molar-refractivity contribution is 5.81. The SMILES string of the molecule is Cc1ccccc1CC(O)c1coc2ccccc12. The van der Waals surface area contributed by atoms with E-state index < -0.39 is 6.10 Å². The third kappa shape index (κ3) is 2.27. The van der Waals surface area contributed by atoms with Crippen molar-refractivity contribution in [1.82, 2.24) is 0 Å². The first kappa shape index (κ1) is 12.0. The topological polar surface area (TPSA) is 33.4 Å². The highest BCUT2D eigenvalue weighted by Gasteiger charge is 2.15. The summed E-state index contributed by atoms with van der Waals surface area (Å²) < 4.78 is 5.48. The number of aryl methyl sites for hydroxylation is 1. The molecule has 2 nitrogen and oxygen atoms in total. The smallest absolute Gasteiger partial charge is 0.134 e. The van der Waals surface area contributed by atoms with Gasteiger partial charge >= 0.3 is 0 Å². The average Bonchev–Trinajstić information content (AvgIpc) is 2.85. The van der Waals surface area contributed by atoms with Crippen LogP contribution in [0.3, 0.4) is 0 Å². The molecular formula is C17H16O2. The third-order valence-electron chi connectivity index (χ3n) is 3.54. The molecule has 2 aromatic carbocycles. The average molecular weight is 252 g/mol. The minimum Gasteiger partial charge on any atom is -0.464 e. The quantitative estimate of drug-likeness (QED) is 0.763. The molecule has 0 saturated heterocycles. The minimum absolute atomic E-state index is 0.537. The fourth-order valence-electron chi connectivity index (χ4n) is 2.41. The second-order valence-electron chi connectivity index (χ2n) is 4.83. The van der Waals surface area contributed by atoms with E-state index >= 15 is 0 Å². The van der Waals surface area contributed by atoms with Crippen LogP contribution in [-0.4, -0.2) is 5.11 Å². The molecule has 0 fully saturated rings. The normalized spacial score (nSPS) is 12.7. The van der Waals surface area contributed by atoms with Crippen LogP contribution in [0, 0.1) is 6.92 Å². The predicted octanol–water partition coefficient (Wildman–Crippen LogP) is 4.02. The third-order valence-corrected chi connectivity index (χ3v) is 3.54. The van der Waals surface area contributed by atoms with E-state index in [-0.39, 0.29) is 0 Å². The number of benzene rings is 2. The Labute approximate surface area is 112 Å². The maximum atomic E-state index is 10.4. The van der Waals surface area contributed by atoms with Crippen LogP contribution < -0.4 is 0 Å². The summed E-state index contributed by atoms with van der Waals surface area (Å²) in [7, 11) is 0. The Bertz CT molecular complexity index is 697. The van der Waals surface area contributed by atoms with Crippen LogP contribution in [-0.2, 0) is 6.42 Å². The van der Waals surface area contributed by atoms with Crippen LogP contribution >= 0.6 is 0 Å². The molecule has 1 N–H and O–H groups in total. The van der Waals surface area contributed by atoms with Gasteiger partial charge in [-0.25, -0.2) is 0 Å². The van der Waals surface area contributed by atoms with Crippen molar-refractivity contribution < 1.29 is 9.52 Å². The molecule has 96 valence electrons. The van der Waals surface area contributed by atoms with E-state index in [1.165, 1.54) is 11.1 Å². The van der Waals surface area contributed by atoms with Gasteiger partial charge in [-0.1, -0.05) is 42.5 Å². The van der Waals surface area contributed by atoms with Crippen molar-refractivity contribution in [3.05, 3.63) is 71.5 Å². The summed E-state index contributed by atoms with van der Waals surface area (Å²) >= 11 is 0. The van der Waals surface area contributed by atoms with Gasteiger partial charge in [0.1, 0.15) is 5.58 Å². The first-order chi connectivity index (χ1) is 9.25. The maximum absolute atomic E-state index is 10.4. The number of para-hydroxylation sites is 1. The van der Waals surface area contributed by atoms with Gasteiger partial charge in [-0.2, -0.15) is 0 Å². The molecule has 1 atom stereocenters. The van der Waals surface area contributed by atoms with Gasteiger partial charge in [-0.3, -0.25) is 0 Å². The summed E-state index contributed by atoms with van der Waals surface area (Å²) in [6.07, 6.45) is 1.73. The van der Waals surface area contributed by atoms with Crippen molar-refractivity contribution in [3.63, 3.8) is 0 Å². The summed E-state index contributed by atoms with van der Waals surface area (Å²) in [5.74, 6) is 0. The Hall–Kier alpha value is -2.06. The zero-order chi connectivity index (χ0) is 13.2. The lowest BCUT2D eigenvalue weighted by atomic mass is 9.98. The largest absolute Gasteiger partial charge is 0.464 e. The number of hydrogen-bond acceptors (Lipinski definition) is 2. The van der Waals surface area contributed by atoms with Crippen molar-refractivity contribution >= 4 is 11.0 Å². The van der Waals surface area contributed by atoms with Crippen molar-refractivity contribution in [2.45, 2.75) is 19.4 Å². The number of furan rings is 1. The van der Waals surface area contributed by atoms with E-state index in [2.05, 4.69) is 19.1 Å². The first-order valence-corrected chi connectivity index (χ1v) is 6.44. The monoisotopic (exact) mass is 252 g/mol. The van der Waals surface area contributed by atoms with Crippen LogP contribution in [0.2, 0.25) is 0 Å². The number of hydrogen-bond donors (Lipinski definition) is 1. The molecular weight excluding hydrogens is 236 g/mol. The molecule has 2 heteroatoms. The van der Waals surface area contributed by atoms with Crippen molar-refractivity contribution in [1.29, 1.82) is 0 Å². The Kier molecular flexibility index (Phi) is 3.10. The molecule has 19 heavy (non-hydrogen) atoms. The standard InChI is InChI=1S/C17H16O2/c1-12-6-2-3-7-13(12)10-16(18)15-11-19-17-9-5-4-8-14(15)17/h2-9,11,16,18H,10H2,1H3. The fraction of sp³-hybridized carbons (Fsp3) is 0.176. The van der Waals surface area contributed by atoms with Gasteiger partial charge in [0.15, 0.2) is 0 Å². The molecule has 1 aromatic heterocycles. The van der Waals surface area contributed by atoms with Crippen LogP contribution in [0.15, 0.2) is 59.2 Å². The molecule has 0 aliphatic carbocycles. The zero-order valence-electron chi connectivity index (χ0n) is 10.8. The van der Waals surface area contributed by atoms with Crippen molar-refractivity contribution in [3.8, 4) is 0 Å². The molecule has 0 saturated carbocycles. The highest BCUT2D eigenvalue weighted by atomic mass is 16.3. The molecule has 1 unspecified atom stereocenters. The van der Waals surface area contributed by atoms with Gasteiger partial charge in [0, 0.05) is 17.4 Å². The molecule has 0 aliphatic rings. The number of aliphatic hydroxyl groups is 1. The number of fused-ring (bicyclic) bond motifs is 1. The lowest BCUT2D eigenvalue weighted by molar-refractivity contribution is 0.178. The first-order valence-electron chi connectivity index (χ1n) is 6.44. The van der Waals surface area contributed by atoms with Crippen LogP contribution in [0.1, 0.15) is 22.8 Å². The maximum Gasteiger partial charge on any atom is 0.134 e. The van der Waals surface area contributed by atoms with Gasteiger partial charge in [0.2, 0.25) is 0 Å². The molecule has 0 radical (unpaired) electrons. The van der Waals surface area contributed by atoms with E-state index in [1.807, 2.05) is 36.4 Å². The van der Waals surface area contributed by atoms with Gasteiger partial charge in [-0.15, -0.1) is 0 Å². The van der Waals surface area contributed by atoms with Gasteiger partial charge in [0.25, 0.3) is 0 Å². The summed E-state index contributed by atoms with van der Waals surface area (Å²) in [5, 5.41) is 11.4. The summed E-state index contributed by atoms with van der Waals surface area (Å²) in [4.78, 5) is 0. The lowest BCUT2D eigenvalue weighted by Crippen LogP contribution is -2.02. The summed E-state index contributed by atoms with van der Waals surface area (Å²) in [6, 6.07) is 15.9. The Balaban J connectivity index is 1.92. The van der Waals surface area contributed by atoms with E-state index in [9.17, 15) is 5.11 Å². The number of aliphatic hydroxyl groups excluding tert-OH is 1. The molecule has 0 bridgehead atoms. The van der Waals surface area contributed by atoms with Crippen LogP contribution in [0.5, 0.6) is 0 Å². The van der Waals surface area contributed by atoms with E-state index in [1.54, 1.807) is 6.26 Å². The molecule has 3 rings (SSSR count). The minimum atomic E-state index is -0.537. The van der Waals surface area contributed by atoms with E-state index in [0.29, 0.717) is 6.42 Å². The van der Waals surface area contributed by atoms with E-state index in [0.717, 1.165) is 16.5 Å². The summed E-state index contributed by atoms with van der Waals surface area (Å²) in [6.45, 7) is 2.07. The van der Waals surface area contributed by atoms with E-state index in [4.69, 9.17) is 4.42 Å². The molecule has 0 amide bonds. The Morgan fingerprint density at radius 3 is 2.63 bits per heavy atom. The highest BCUT2D eigenvalue weighted by Crippen LogP contribution is 2.28. The molecule has 1 heterocycles. The van der Waals surface area contributed by atoms with Gasteiger partial charge < -0.3 is 9.52 Å². The van der Waals surface area contributed by atoms with Crippen LogP contribution in [0.25, 0.3) is 11.0 Å². The fourth-order valence-corrected chi connectivity index (χ4v) is 2.41. The zero-order valence-corrected chi connectivity index (χ0v) is 10.8. The molecule has 3 aromatic rings. The molecule has 0 aliphatic heterocycles. The number of rotatable bonds is 3. The summed E-state index contributed by atoms with van der Waals surface area (Å²) in [5.41, 5.74) is 4.05.